The van der Waals surface area contributed by atoms with E-state index in [4.69, 9.17) is 9.47 Å². The number of rotatable bonds is 6. The molecule has 3 rings (SSSR count). The summed E-state index contributed by atoms with van der Waals surface area (Å²) in [6.07, 6.45) is 3.48. The van der Waals surface area contributed by atoms with Gasteiger partial charge in [-0.2, -0.15) is 0 Å². The minimum absolute atomic E-state index is 0.303. The monoisotopic (exact) mass is 396 g/mol. The third-order valence-corrected chi connectivity index (χ3v) is 4.90. The molecule has 0 spiro atoms. The van der Waals surface area contributed by atoms with E-state index in [2.05, 4.69) is 15.3 Å². The average molecular weight is 396 g/mol. The molecule has 0 bridgehead atoms. The lowest BCUT2D eigenvalue weighted by atomic mass is 10.0. The number of ether oxygens (including phenoxy) is 2. The molecular weight excluding hydrogens is 372 g/mol. The first-order valence-corrected chi connectivity index (χ1v) is 9.07. The zero-order valence-electron chi connectivity index (χ0n) is 17.1. The molecule has 152 valence electrons. The number of carbonyl (C=O) groups excluding carboxylic acids is 2. The van der Waals surface area contributed by atoms with Crippen LogP contribution in [0.1, 0.15) is 49.5 Å². The summed E-state index contributed by atoms with van der Waals surface area (Å²) in [5, 5.41) is 3.02. The second kappa shape index (κ2) is 8.22. The number of H-pyrrole nitrogens is 1. The molecule has 0 aliphatic rings. The Balaban J connectivity index is 2.03. The van der Waals surface area contributed by atoms with Gasteiger partial charge in [0.2, 0.25) is 0 Å². The molecule has 8 nitrogen and oxygen atoms in total. The van der Waals surface area contributed by atoms with E-state index >= 15 is 0 Å². The van der Waals surface area contributed by atoms with Crippen LogP contribution < -0.4 is 10.1 Å². The van der Waals surface area contributed by atoms with Gasteiger partial charge in [-0.25, -0.2) is 9.78 Å². The zero-order chi connectivity index (χ0) is 21.1. The Morgan fingerprint density at radius 3 is 2.55 bits per heavy atom. The van der Waals surface area contributed by atoms with Crippen molar-refractivity contribution in [2.75, 3.05) is 14.2 Å². The van der Waals surface area contributed by atoms with Crippen LogP contribution in [-0.2, 0) is 11.8 Å². The molecule has 29 heavy (non-hydrogen) atoms. The highest BCUT2D eigenvalue weighted by molar-refractivity contribution is 6.00. The molecule has 0 fully saturated rings. The lowest BCUT2D eigenvalue weighted by Gasteiger charge is -2.21. The van der Waals surface area contributed by atoms with E-state index in [1.54, 1.807) is 27.2 Å². The summed E-state index contributed by atoms with van der Waals surface area (Å²) < 4.78 is 12.2. The van der Waals surface area contributed by atoms with Crippen molar-refractivity contribution in [3.63, 3.8) is 0 Å². The van der Waals surface area contributed by atoms with Crippen molar-refractivity contribution in [3.05, 3.63) is 70.6 Å². The molecular formula is C21H24N4O4. The maximum atomic E-state index is 13.2. The maximum Gasteiger partial charge on any atom is 0.339 e. The van der Waals surface area contributed by atoms with Crippen LogP contribution in [0, 0.1) is 13.8 Å². The number of aryl methyl sites for hydroxylation is 2. The SMILES string of the molecule is COC(=O)c1c(C)[nH]c(C(=O)NC(c2ccccc2OC)c2nccn2C)c1C. The van der Waals surface area contributed by atoms with Crippen molar-refractivity contribution < 1.29 is 19.1 Å². The van der Waals surface area contributed by atoms with E-state index < -0.39 is 12.0 Å². The lowest BCUT2D eigenvalue weighted by Crippen LogP contribution is -2.32. The number of para-hydroxylation sites is 1. The number of esters is 1. The standard InChI is InChI=1S/C21H24N4O4/c1-12-16(21(27)29-5)13(2)23-17(12)20(26)24-18(19-22-10-11-25(19)3)14-8-6-7-9-15(14)28-4/h6-11,18,23H,1-5H3,(H,24,26). The Labute approximate surface area is 168 Å². The van der Waals surface area contributed by atoms with E-state index in [1.807, 2.05) is 42.1 Å². The Morgan fingerprint density at radius 2 is 1.93 bits per heavy atom. The smallest absolute Gasteiger partial charge is 0.339 e. The fourth-order valence-corrected chi connectivity index (χ4v) is 3.43. The van der Waals surface area contributed by atoms with Gasteiger partial charge in [0.1, 0.15) is 23.3 Å². The summed E-state index contributed by atoms with van der Waals surface area (Å²) >= 11 is 0. The largest absolute Gasteiger partial charge is 0.496 e. The molecule has 2 N–H and O–H groups in total. The van der Waals surface area contributed by atoms with Gasteiger partial charge in [-0.15, -0.1) is 0 Å². The summed E-state index contributed by atoms with van der Waals surface area (Å²) in [5.74, 6) is 0.438. The van der Waals surface area contributed by atoms with Crippen molar-refractivity contribution in [3.8, 4) is 5.75 Å². The summed E-state index contributed by atoms with van der Waals surface area (Å²) in [6.45, 7) is 3.44. The molecule has 2 heterocycles. The number of nitrogens with one attached hydrogen (secondary N) is 2. The Bertz CT molecular complexity index is 1050. The Morgan fingerprint density at radius 1 is 1.21 bits per heavy atom. The number of imidazole rings is 1. The highest BCUT2D eigenvalue weighted by Crippen LogP contribution is 2.29. The second-order valence-corrected chi connectivity index (χ2v) is 6.66. The van der Waals surface area contributed by atoms with Crippen LogP contribution in [0.4, 0.5) is 0 Å². The van der Waals surface area contributed by atoms with Crippen LogP contribution in [0.25, 0.3) is 0 Å². The van der Waals surface area contributed by atoms with Crippen LogP contribution in [0.15, 0.2) is 36.7 Å². The molecule has 3 aromatic rings. The highest BCUT2D eigenvalue weighted by atomic mass is 16.5. The molecule has 1 atom stereocenters. The van der Waals surface area contributed by atoms with E-state index in [1.165, 1.54) is 7.11 Å². The highest BCUT2D eigenvalue weighted by Gasteiger charge is 2.28. The van der Waals surface area contributed by atoms with Crippen LogP contribution in [0.2, 0.25) is 0 Å². The molecule has 0 saturated heterocycles. The molecule has 0 radical (unpaired) electrons. The number of amides is 1. The molecule has 0 aliphatic carbocycles. The zero-order valence-corrected chi connectivity index (χ0v) is 17.1. The quantitative estimate of drug-likeness (QED) is 0.624. The van der Waals surface area contributed by atoms with Crippen molar-refractivity contribution in [1.82, 2.24) is 19.9 Å². The Kier molecular flexibility index (Phi) is 5.72. The van der Waals surface area contributed by atoms with Gasteiger partial charge in [-0.1, -0.05) is 18.2 Å². The van der Waals surface area contributed by atoms with E-state index in [9.17, 15) is 9.59 Å². The molecule has 2 aromatic heterocycles. The molecule has 1 unspecified atom stereocenters. The van der Waals surface area contributed by atoms with E-state index in [0.29, 0.717) is 34.1 Å². The number of carbonyl (C=O) groups is 2. The summed E-state index contributed by atoms with van der Waals surface area (Å²) in [6, 6.07) is 6.89. The van der Waals surface area contributed by atoms with Crippen LogP contribution in [-0.4, -0.2) is 40.6 Å². The van der Waals surface area contributed by atoms with Crippen molar-refractivity contribution in [2.24, 2.45) is 7.05 Å². The van der Waals surface area contributed by atoms with Gasteiger partial charge in [0.25, 0.3) is 5.91 Å². The minimum Gasteiger partial charge on any atom is -0.496 e. The number of benzene rings is 1. The number of aromatic amines is 1. The normalized spacial score (nSPS) is 11.8. The number of hydrogen-bond donors (Lipinski definition) is 2. The first-order valence-electron chi connectivity index (χ1n) is 9.07. The van der Waals surface area contributed by atoms with Gasteiger partial charge in [0.15, 0.2) is 0 Å². The summed E-state index contributed by atoms with van der Waals surface area (Å²) in [5.41, 5.74) is 2.54. The predicted octanol–water partition coefficient (Wildman–Crippen LogP) is 2.68. The number of aromatic nitrogens is 3. The van der Waals surface area contributed by atoms with Crippen LogP contribution in [0.3, 0.4) is 0 Å². The topological polar surface area (TPSA) is 98.2 Å². The second-order valence-electron chi connectivity index (χ2n) is 6.66. The van der Waals surface area contributed by atoms with E-state index in [0.717, 1.165) is 5.56 Å². The molecule has 0 aliphatic heterocycles. The average Bonchev–Trinajstić information content (AvgIpc) is 3.27. The molecule has 1 amide bonds. The molecule has 1 aromatic carbocycles. The van der Waals surface area contributed by atoms with Crippen LogP contribution >= 0.6 is 0 Å². The lowest BCUT2D eigenvalue weighted by molar-refractivity contribution is 0.0599. The van der Waals surface area contributed by atoms with Gasteiger partial charge in [0.05, 0.1) is 19.8 Å². The molecule has 0 saturated carbocycles. The predicted molar refractivity (Wildman–Crippen MR) is 107 cm³/mol. The maximum absolute atomic E-state index is 13.2. The third-order valence-electron chi connectivity index (χ3n) is 4.90. The van der Waals surface area contributed by atoms with Gasteiger partial charge in [-0.05, 0) is 25.5 Å². The van der Waals surface area contributed by atoms with Gasteiger partial charge in [-0.3, -0.25) is 4.79 Å². The third kappa shape index (κ3) is 3.73. The fourth-order valence-electron chi connectivity index (χ4n) is 3.43. The molecule has 8 heteroatoms. The number of hydrogen-bond acceptors (Lipinski definition) is 5. The Hall–Kier alpha value is -3.55. The van der Waals surface area contributed by atoms with Crippen LogP contribution in [0.5, 0.6) is 5.75 Å². The van der Waals surface area contributed by atoms with E-state index in [-0.39, 0.29) is 5.91 Å². The minimum atomic E-state index is -0.553. The van der Waals surface area contributed by atoms with Crippen molar-refractivity contribution in [2.45, 2.75) is 19.9 Å². The summed E-state index contributed by atoms with van der Waals surface area (Å²) in [7, 11) is 4.75. The first-order chi connectivity index (χ1) is 13.9. The number of nitrogens with zero attached hydrogens (tertiary/aromatic N) is 2. The summed E-state index contributed by atoms with van der Waals surface area (Å²) in [4.78, 5) is 32.6. The van der Waals surface area contributed by atoms with Gasteiger partial charge < -0.3 is 24.3 Å². The van der Waals surface area contributed by atoms with Crippen molar-refractivity contribution in [1.29, 1.82) is 0 Å². The van der Waals surface area contributed by atoms with Crippen molar-refractivity contribution >= 4 is 11.9 Å². The number of methoxy groups -OCH3 is 2. The first kappa shape index (κ1) is 20.2. The van der Waals surface area contributed by atoms with Gasteiger partial charge >= 0.3 is 5.97 Å². The van der Waals surface area contributed by atoms with Gasteiger partial charge in [0, 0.05) is 30.7 Å². The fraction of sp³-hybridized carbons (Fsp3) is 0.286.